The van der Waals surface area contributed by atoms with E-state index >= 15 is 0 Å². The molecule has 0 atom stereocenters. The molecule has 0 aliphatic heterocycles. The van der Waals surface area contributed by atoms with Gasteiger partial charge in [0.1, 0.15) is 11.8 Å². The molecule has 72 valence electrons. The minimum Gasteiger partial charge on any atom is -0.246 e. The van der Waals surface area contributed by atoms with Gasteiger partial charge in [-0.05, 0) is 23.6 Å². The second-order valence-electron chi connectivity index (χ2n) is 2.55. The molecule has 0 saturated carbocycles. The Morgan fingerprint density at radius 1 is 1.53 bits per heavy atom. The van der Waals surface area contributed by atoms with Crippen LogP contribution in [0.4, 0.5) is 0 Å². The molecular formula is C10H7N5. The first-order chi connectivity index (χ1) is 7.36. The van der Waals surface area contributed by atoms with Crippen LogP contribution in [0.25, 0.3) is 10.4 Å². The van der Waals surface area contributed by atoms with E-state index in [1.165, 1.54) is 6.20 Å². The molecule has 0 unspecified atom stereocenters. The largest absolute Gasteiger partial charge is 0.246 e. The highest BCUT2D eigenvalue weighted by molar-refractivity contribution is 5.33. The maximum absolute atomic E-state index is 8.53. The van der Waals surface area contributed by atoms with Crippen LogP contribution >= 0.6 is 0 Å². The Labute approximate surface area is 87.0 Å². The topological polar surface area (TPSA) is 85.4 Å². The predicted octanol–water partition coefficient (Wildman–Crippen LogP) is 2.01. The molecule has 0 aromatic carbocycles. The molecule has 0 bridgehead atoms. The first kappa shape index (κ1) is 10.6. The van der Waals surface area contributed by atoms with Crippen LogP contribution in [0.1, 0.15) is 17.7 Å². The van der Waals surface area contributed by atoms with Crippen LogP contribution in [0.3, 0.4) is 0 Å². The lowest BCUT2D eigenvalue weighted by Crippen LogP contribution is -1.83. The van der Waals surface area contributed by atoms with Crippen molar-refractivity contribution in [2.75, 3.05) is 6.54 Å². The Bertz CT molecular complexity index is 465. The summed E-state index contributed by atoms with van der Waals surface area (Å²) in [5.41, 5.74) is 9.12. The number of pyridine rings is 1. The van der Waals surface area contributed by atoms with Crippen molar-refractivity contribution in [1.29, 1.82) is 5.26 Å². The van der Waals surface area contributed by atoms with E-state index in [1.807, 2.05) is 6.07 Å². The van der Waals surface area contributed by atoms with Gasteiger partial charge >= 0.3 is 0 Å². The van der Waals surface area contributed by atoms with Gasteiger partial charge in [-0.1, -0.05) is 11.0 Å². The molecule has 0 fully saturated rings. The van der Waals surface area contributed by atoms with Gasteiger partial charge in [0.15, 0.2) is 0 Å². The minimum atomic E-state index is 0.361. The highest BCUT2D eigenvalue weighted by Crippen LogP contribution is 1.96. The molecule has 0 aliphatic rings. The average molecular weight is 197 g/mol. The summed E-state index contributed by atoms with van der Waals surface area (Å²) in [6.45, 7) is 0.361. The molecule has 1 heterocycles. The fraction of sp³-hybridized carbons (Fsp3) is 0.200. The van der Waals surface area contributed by atoms with E-state index in [-0.39, 0.29) is 0 Å². The molecule has 0 amide bonds. The lowest BCUT2D eigenvalue weighted by Gasteiger charge is -1.88. The van der Waals surface area contributed by atoms with Gasteiger partial charge in [0.2, 0.25) is 0 Å². The number of rotatable bonds is 2. The Kier molecular flexibility index (Phi) is 4.26. The summed E-state index contributed by atoms with van der Waals surface area (Å²) in [7, 11) is 0. The fourth-order valence-electron chi connectivity index (χ4n) is 0.838. The van der Waals surface area contributed by atoms with Crippen molar-refractivity contribution in [3.8, 4) is 17.9 Å². The third kappa shape index (κ3) is 3.82. The van der Waals surface area contributed by atoms with Crippen LogP contribution in [0.15, 0.2) is 23.4 Å². The number of azide groups is 1. The van der Waals surface area contributed by atoms with Crippen LogP contribution in [-0.4, -0.2) is 11.5 Å². The Morgan fingerprint density at radius 3 is 3.00 bits per heavy atom. The molecule has 5 nitrogen and oxygen atoms in total. The number of aromatic nitrogens is 1. The minimum absolute atomic E-state index is 0.361. The monoisotopic (exact) mass is 197 g/mol. The third-order valence-corrected chi connectivity index (χ3v) is 1.51. The molecule has 0 spiro atoms. The van der Waals surface area contributed by atoms with Crippen LogP contribution in [0.5, 0.6) is 0 Å². The summed E-state index contributed by atoms with van der Waals surface area (Å²) >= 11 is 0. The number of nitriles is 1. The number of hydrogen-bond donors (Lipinski definition) is 0. The van der Waals surface area contributed by atoms with Gasteiger partial charge in [-0.2, -0.15) is 5.26 Å². The predicted molar refractivity (Wildman–Crippen MR) is 54.5 cm³/mol. The lowest BCUT2D eigenvalue weighted by molar-refractivity contribution is 1.01. The van der Waals surface area contributed by atoms with E-state index < -0.39 is 0 Å². The van der Waals surface area contributed by atoms with Crippen molar-refractivity contribution in [1.82, 2.24) is 4.98 Å². The van der Waals surface area contributed by atoms with Gasteiger partial charge in [0, 0.05) is 24.1 Å². The summed E-state index contributed by atoms with van der Waals surface area (Å²) < 4.78 is 0. The van der Waals surface area contributed by atoms with E-state index in [2.05, 4.69) is 26.9 Å². The zero-order valence-electron chi connectivity index (χ0n) is 7.88. The van der Waals surface area contributed by atoms with E-state index in [1.54, 1.807) is 12.1 Å². The second-order valence-corrected chi connectivity index (χ2v) is 2.55. The van der Waals surface area contributed by atoms with Crippen LogP contribution < -0.4 is 0 Å². The summed E-state index contributed by atoms with van der Waals surface area (Å²) in [5.74, 6) is 5.61. The Balaban J connectivity index is 2.57. The fourth-order valence-corrected chi connectivity index (χ4v) is 0.838. The lowest BCUT2D eigenvalue weighted by atomic mass is 10.2. The molecule has 5 heteroatoms. The molecule has 15 heavy (non-hydrogen) atoms. The molecule has 1 rings (SSSR count). The van der Waals surface area contributed by atoms with Crippen molar-refractivity contribution >= 4 is 0 Å². The summed E-state index contributed by atoms with van der Waals surface area (Å²) in [6, 6.07) is 5.31. The summed E-state index contributed by atoms with van der Waals surface area (Å²) in [6.07, 6.45) is 1.98. The van der Waals surface area contributed by atoms with E-state index in [0.717, 1.165) is 0 Å². The number of nitrogens with zero attached hydrogens (tertiary/aromatic N) is 5. The molecular weight excluding hydrogens is 190 g/mol. The average Bonchev–Trinajstić information content (AvgIpc) is 2.30. The molecule has 1 aromatic rings. The molecule has 0 N–H and O–H groups in total. The second kappa shape index (κ2) is 6.04. The van der Waals surface area contributed by atoms with Crippen molar-refractivity contribution < 1.29 is 0 Å². The van der Waals surface area contributed by atoms with Gasteiger partial charge in [-0.15, -0.1) is 0 Å². The van der Waals surface area contributed by atoms with Gasteiger partial charge in [-0.25, -0.2) is 4.98 Å². The first-order valence-electron chi connectivity index (χ1n) is 4.22. The maximum Gasteiger partial charge on any atom is 0.113 e. The smallest absolute Gasteiger partial charge is 0.113 e. The summed E-state index contributed by atoms with van der Waals surface area (Å²) in [5, 5.41) is 11.9. The Hall–Kier alpha value is -2.49. The molecule has 0 saturated heterocycles. The number of hydrogen-bond acceptors (Lipinski definition) is 3. The normalized spacial score (nSPS) is 7.93. The van der Waals surface area contributed by atoms with Gasteiger partial charge in [0.25, 0.3) is 0 Å². The van der Waals surface area contributed by atoms with Gasteiger partial charge in [0.05, 0.1) is 5.56 Å². The highest BCUT2D eigenvalue weighted by atomic mass is 15.1. The van der Waals surface area contributed by atoms with Crippen LogP contribution in [0.2, 0.25) is 0 Å². The molecule has 0 radical (unpaired) electrons. The van der Waals surface area contributed by atoms with Crippen molar-refractivity contribution in [3.05, 3.63) is 40.0 Å². The standard InChI is InChI=1S/C10H7N5/c11-7-9-4-5-10(13-8-9)3-1-2-6-14-15-12/h4-5,8H,2,6H2. The van der Waals surface area contributed by atoms with Crippen LogP contribution in [-0.2, 0) is 0 Å². The van der Waals surface area contributed by atoms with Gasteiger partial charge in [-0.3, -0.25) is 0 Å². The first-order valence-corrected chi connectivity index (χ1v) is 4.22. The van der Waals surface area contributed by atoms with E-state index in [4.69, 9.17) is 10.8 Å². The zero-order chi connectivity index (χ0) is 10.9. The van der Waals surface area contributed by atoms with Crippen molar-refractivity contribution in [2.45, 2.75) is 6.42 Å². The van der Waals surface area contributed by atoms with Crippen LogP contribution in [0, 0.1) is 23.2 Å². The maximum atomic E-state index is 8.53. The Morgan fingerprint density at radius 2 is 2.40 bits per heavy atom. The van der Waals surface area contributed by atoms with Crippen molar-refractivity contribution in [3.63, 3.8) is 0 Å². The highest BCUT2D eigenvalue weighted by Gasteiger charge is 1.89. The van der Waals surface area contributed by atoms with Gasteiger partial charge < -0.3 is 0 Å². The van der Waals surface area contributed by atoms with E-state index in [9.17, 15) is 0 Å². The molecule has 1 aromatic heterocycles. The SMILES string of the molecule is N#Cc1ccc(C#CCCN=[N+]=[N-])nc1. The van der Waals surface area contributed by atoms with E-state index in [0.29, 0.717) is 24.2 Å². The quantitative estimate of drug-likeness (QED) is 0.239. The third-order valence-electron chi connectivity index (χ3n) is 1.51. The zero-order valence-corrected chi connectivity index (χ0v) is 7.88. The molecule has 0 aliphatic carbocycles. The summed E-state index contributed by atoms with van der Waals surface area (Å²) in [4.78, 5) is 6.58. The van der Waals surface area contributed by atoms with Crippen molar-refractivity contribution in [2.24, 2.45) is 5.11 Å².